The second-order valence-electron chi connectivity index (χ2n) is 5.45. The Bertz CT molecular complexity index is 605. The topological polar surface area (TPSA) is 55.1 Å². The van der Waals surface area contributed by atoms with Gasteiger partial charge in [-0.1, -0.05) is 12.1 Å². The van der Waals surface area contributed by atoms with E-state index < -0.39 is 11.9 Å². The SMILES string of the molecule is CC(C)n1ccc(CC(Cc2ccc(F)cc2)C(=O)O)n1. The molecule has 1 aromatic carbocycles. The van der Waals surface area contributed by atoms with Crippen LogP contribution >= 0.6 is 0 Å². The third kappa shape index (κ3) is 4.15. The van der Waals surface area contributed by atoms with Crippen molar-refractivity contribution in [2.75, 3.05) is 0 Å². The first-order valence-electron chi connectivity index (χ1n) is 6.97. The lowest BCUT2D eigenvalue weighted by molar-refractivity contribution is -0.141. The second kappa shape index (κ2) is 6.52. The second-order valence-corrected chi connectivity index (χ2v) is 5.45. The maximum absolute atomic E-state index is 12.9. The summed E-state index contributed by atoms with van der Waals surface area (Å²) < 4.78 is 14.7. The number of hydrogen-bond donors (Lipinski definition) is 1. The molecule has 0 saturated carbocycles. The lowest BCUT2D eigenvalue weighted by atomic mass is 9.95. The third-order valence-corrected chi connectivity index (χ3v) is 3.39. The molecule has 0 bridgehead atoms. The number of carboxylic acid groups (broad SMARTS) is 1. The van der Waals surface area contributed by atoms with E-state index in [1.165, 1.54) is 12.1 Å². The standard InChI is InChI=1S/C16H19FN2O2/c1-11(2)19-8-7-15(18-19)10-13(16(20)21)9-12-3-5-14(17)6-4-12/h3-8,11,13H,9-10H2,1-2H3,(H,20,21). The molecule has 4 nitrogen and oxygen atoms in total. The van der Waals surface area contributed by atoms with Gasteiger partial charge in [0.1, 0.15) is 5.82 Å². The quantitative estimate of drug-likeness (QED) is 0.889. The number of aromatic nitrogens is 2. The van der Waals surface area contributed by atoms with Gasteiger partial charge in [-0.05, 0) is 44.0 Å². The lowest BCUT2D eigenvalue weighted by Gasteiger charge is -2.11. The van der Waals surface area contributed by atoms with Crippen molar-refractivity contribution in [1.29, 1.82) is 0 Å². The van der Waals surface area contributed by atoms with Crippen LogP contribution in [0.3, 0.4) is 0 Å². The predicted molar refractivity (Wildman–Crippen MR) is 77.5 cm³/mol. The molecule has 1 heterocycles. The highest BCUT2D eigenvalue weighted by atomic mass is 19.1. The number of aliphatic carboxylic acids is 1. The van der Waals surface area contributed by atoms with Crippen LogP contribution in [0.1, 0.15) is 31.1 Å². The van der Waals surface area contributed by atoms with Crippen molar-refractivity contribution < 1.29 is 14.3 Å². The number of nitrogens with zero attached hydrogens (tertiary/aromatic N) is 2. The van der Waals surface area contributed by atoms with E-state index in [1.54, 1.807) is 12.1 Å². The highest BCUT2D eigenvalue weighted by molar-refractivity contribution is 5.70. The van der Waals surface area contributed by atoms with Gasteiger partial charge >= 0.3 is 5.97 Å². The highest BCUT2D eigenvalue weighted by Crippen LogP contribution is 2.16. The van der Waals surface area contributed by atoms with E-state index in [9.17, 15) is 14.3 Å². The molecule has 0 radical (unpaired) electrons. The van der Waals surface area contributed by atoms with Crippen LogP contribution in [0.2, 0.25) is 0 Å². The Hall–Kier alpha value is -2.17. The number of hydrogen-bond acceptors (Lipinski definition) is 2. The summed E-state index contributed by atoms with van der Waals surface area (Å²) in [6.07, 6.45) is 2.59. The van der Waals surface area contributed by atoms with Gasteiger partial charge in [0.15, 0.2) is 0 Å². The zero-order valence-electron chi connectivity index (χ0n) is 12.2. The maximum Gasteiger partial charge on any atom is 0.307 e. The van der Waals surface area contributed by atoms with Gasteiger partial charge in [-0.2, -0.15) is 5.10 Å². The number of benzene rings is 1. The van der Waals surface area contributed by atoms with Crippen molar-refractivity contribution in [3.05, 3.63) is 53.6 Å². The zero-order valence-corrected chi connectivity index (χ0v) is 12.2. The molecule has 1 N–H and O–H groups in total. The molecule has 1 unspecified atom stereocenters. The molecule has 0 aliphatic carbocycles. The van der Waals surface area contributed by atoms with Gasteiger partial charge in [0.25, 0.3) is 0 Å². The fourth-order valence-corrected chi connectivity index (χ4v) is 2.18. The molecule has 0 spiro atoms. The van der Waals surface area contributed by atoms with Gasteiger partial charge in [-0.25, -0.2) is 4.39 Å². The summed E-state index contributed by atoms with van der Waals surface area (Å²) in [4.78, 5) is 11.4. The van der Waals surface area contributed by atoms with E-state index in [0.29, 0.717) is 12.8 Å². The molecule has 112 valence electrons. The van der Waals surface area contributed by atoms with Crippen LogP contribution in [0.15, 0.2) is 36.5 Å². The van der Waals surface area contributed by atoms with Crippen LogP contribution in [-0.4, -0.2) is 20.9 Å². The predicted octanol–water partition coefficient (Wildman–Crippen LogP) is 3.09. The Balaban J connectivity index is 2.08. The van der Waals surface area contributed by atoms with Crippen molar-refractivity contribution in [3.8, 4) is 0 Å². The minimum Gasteiger partial charge on any atom is -0.481 e. The Morgan fingerprint density at radius 2 is 1.90 bits per heavy atom. The normalized spacial score (nSPS) is 12.6. The fourth-order valence-electron chi connectivity index (χ4n) is 2.18. The Kier molecular flexibility index (Phi) is 4.73. The maximum atomic E-state index is 12.9. The number of halogens is 1. The summed E-state index contributed by atoms with van der Waals surface area (Å²) in [5.41, 5.74) is 1.57. The van der Waals surface area contributed by atoms with Crippen molar-refractivity contribution in [2.24, 2.45) is 5.92 Å². The number of rotatable bonds is 6. The number of carbonyl (C=O) groups is 1. The summed E-state index contributed by atoms with van der Waals surface area (Å²) in [5, 5.41) is 13.7. The highest BCUT2D eigenvalue weighted by Gasteiger charge is 2.20. The van der Waals surface area contributed by atoms with Crippen molar-refractivity contribution in [2.45, 2.75) is 32.7 Å². The van der Waals surface area contributed by atoms with E-state index in [1.807, 2.05) is 30.8 Å². The molecular formula is C16H19FN2O2. The molecule has 0 fully saturated rings. The van der Waals surface area contributed by atoms with Crippen molar-refractivity contribution in [3.63, 3.8) is 0 Å². The van der Waals surface area contributed by atoms with E-state index in [0.717, 1.165) is 11.3 Å². The van der Waals surface area contributed by atoms with Crippen molar-refractivity contribution >= 4 is 5.97 Å². The van der Waals surface area contributed by atoms with E-state index in [2.05, 4.69) is 5.10 Å². The molecule has 1 aromatic heterocycles. The van der Waals surface area contributed by atoms with Crippen LogP contribution in [0.25, 0.3) is 0 Å². The van der Waals surface area contributed by atoms with Crippen LogP contribution in [0, 0.1) is 11.7 Å². The van der Waals surface area contributed by atoms with Gasteiger partial charge in [-0.15, -0.1) is 0 Å². The average Bonchev–Trinajstić information content (AvgIpc) is 2.89. The van der Waals surface area contributed by atoms with Crippen LogP contribution in [0.5, 0.6) is 0 Å². The van der Waals surface area contributed by atoms with Gasteiger partial charge < -0.3 is 5.11 Å². The molecule has 0 aliphatic heterocycles. The molecule has 21 heavy (non-hydrogen) atoms. The minimum absolute atomic E-state index is 0.249. The van der Waals surface area contributed by atoms with E-state index in [-0.39, 0.29) is 11.9 Å². The molecule has 0 saturated heterocycles. The number of carboxylic acids is 1. The largest absolute Gasteiger partial charge is 0.481 e. The molecular weight excluding hydrogens is 271 g/mol. The first kappa shape index (κ1) is 15.2. The van der Waals surface area contributed by atoms with E-state index in [4.69, 9.17) is 0 Å². The van der Waals surface area contributed by atoms with Gasteiger partial charge in [0.2, 0.25) is 0 Å². The van der Waals surface area contributed by atoms with Crippen LogP contribution in [0.4, 0.5) is 4.39 Å². The first-order valence-corrected chi connectivity index (χ1v) is 6.97. The van der Waals surface area contributed by atoms with Crippen molar-refractivity contribution in [1.82, 2.24) is 9.78 Å². The molecule has 1 atom stereocenters. The Labute approximate surface area is 123 Å². The molecule has 2 aromatic rings. The van der Waals surface area contributed by atoms with Gasteiger partial charge in [-0.3, -0.25) is 9.48 Å². The Morgan fingerprint density at radius 1 is 1.24 bits per heavy atom. The first-order chi connectivity index (χ1) is 9.95. The van der Waals surface area contributed by atoms with Crippen LogP contribution < -0.4 is 0 Å². The van der Waals surface area contributed by atoms with Crippen LogP contribution in [-0.2, 0) is 17.6 Å². The molecule has 5 heteroatoms. The molecule has 0 amide bonds. The third-order valence-electron chi connectivity index (χ3n) is 3.39. The smallest absolute Gasteiger partial charge is 0.307 e. The zero-order chi connectivity index (χ0) is 15.4. The summed E-state index contributed by atoms with van der Waals surface area (Å²) in [6, 6.07) is 8.04. The molecule has 0 aliphatic rings. The minimum atomic E-state index is -0.863. The summed E-state index contributed by atoms with van der Waals surface area (Å²) in [6.45, 7) is 4.04. The summed E-state index contributed by atoms with van der Waals surface area (Å²) in [7, 11) is 0. The molecule has 2 rings (SSSR count). The van der Waals surface area contributed by atoms with E-state index >= 15 is 0 Å². The monoisotopic (exact) mass is 290 g/mol. The summed E-state index contributed by atoms with van der Waals surface area (Å²) in [5.74, 6) is -1.74. The van der Waals surface area contributed by atoms with Gasteiger partial charge in [0, 0.05) is 18.7 Å². The van der Waals surface area contributed by atoms with Gasteiger partial charge in [0.05, 0.1) is 11.6 Å². The summed E-state index contributed by atoms with van der Waals surface area (Å²) >= 11 is 0. The lowest BCUT2D eigenvalue weighted by Crippen LogP contribution is -2.19. The Morgan fingerprint density at radius 3 is 2.43 bits per heavy atom. The fraction of sp³-hybridized carbons (Fsp3) is 0.375. The average molecular weight is 290 g/mol.